The van der Waals surface area contributed by atoms with Crippen LogP contribution >= 0.6 is 0 Å². The molecule has 0 N–H and O–H groups in total. The first kappa shape index (κ1) is 18.0. The summed E-state index contributed by atoms with van der Waals surface area (Å²) in [6, 6.07) is 0. The molecule has 0 aromatic rings. The summed E-state index contributed by atoms with van der Waals surface area (Å²) < 4.78 is 0. The lowest BCUT2D eigenvalue weighted by Gasteiger charge is -2.33. The Bertz CT molecular complexity index is 200. The normalized spacial score (nSPS) is 35.2. The van der Waals surface area contributed by atoms with Gasteiger partial charge in [-0.3, -0.25) is 0 Å². The first-order chi connectivity index (χ1) is 8.41. The molecule has 4 atom stereocenters. The summed E-state index contributed by atoms with van der Waals surface area (Å²) in [5, 5.41) is 0. The average molecular weight is 255 g/mol. The van der Waals surface area contributed by atoms with E-state index in [0.29, 0.717) is 0 Å². The van der Waals surface area contributed by atoms with Crippen molar-refractivity contribution in [3.05, 3.63) is 0 Å². The Kier molecular flexibility index (Phi) is 8.94. The molecule has 0 amide bonds. The van der Waals surface area contributed by atoms with E-state index in [-0.39, 0.29) is 0 Å². The molecule has 0 aliphatic carbocycles. The largest absolute Gasteiger partial charge is 0.306 e. The fraction of sp³-hybridized carbons (Fsp3) is 1.00. The van der Waals surface area contributed by atoms with Crippen LogP contribution in [0, 0.1) is 29.6 Å². The zero-order valence-corrected chi connectivity index (χ0v) is 14.2. The molecule has 1 heterocycles. The van der Waals surface area contributed by atoms with Crippen molar-refractivity contribution in [3.63, 3.8) is 0 Å². The highest BCUT2D eigenvalue weighted by molar-refractivity contribution is 4.79. The van der Waals surface area contributed by atoms with Crippen molar-refractivity contribution in [1.82, 2.24) is 4.90 Å². The standard InChI is InChI=1S/C15H31N.C2H6/c1-11(2)15-13(4)7-8-16(6)10-12(3)9-14(15)5;1-2/h11-15H,7-10H2,1-6H3;1-2H3. The maximum atomic E-state index is 2.52. The van der Waals surface area contributed by atoms with Gasteiger partial charge in [-0.05, 0) is 56.0 Å². The fourth-order valence-electron chi connectivity index (χ4n) is 3.98. The third-order valence-corrected chi connectivity index (χ3v) is 4.45. The Morgan fingerprint density at radius 2 is 1.56 bits per heavy atom. The van der Waals surface area contributed by atoms with Crippen LogP contribution in [0.3, 0.4) is 0 Å². The average Bonchev–Trinajstić information content (AvgIpc) is 2.31. The summed E-state index contributed by atoms with van der Waals surface area (Å²) in [6.07, 6.45) is 2.77. The van der Waals surface area contributed by atoms with E-state index in [0.717, 1.165) is 29.6 Å². The molecule has 110 valence electrons. The van der Waals surface area contributed by atoms with Gasteiger partial charge in [-0.25, -0.2) is 0 Å². The van der Waals surface area contributed by atoms with Crippen molar-refractivity contribution < 1.29 is 0 Å². The van der Waals surface area contributed by atoms with Crippen LogP contribution in [0.15, 0.2) is 0 Å². The van der Waals surface area contributed by atoms with Gasteiger partial charge in [0, 0.05) is 6.54 Å². The predicted molar refractivity (Wildman–Crippen MR) is 83.9 cm³/mol. The molecule has 1 heteroatoms. The van der Waals surface area contributed by atoms with Crippen molar-refractivity contribution in [2.24, 2.45) is 29.6 Å². The Hall–Kier alpha value is -0.0400. The second-order valence-electron chi connectivity index (χ2n) is 6.67. The minimum absolute atomic E-state index is 0.834. The molecule has 0 aromatic heterocycles. The SMILES string of the molecule is CC.CC1CC(C)C(C(C)C)C(C)CCN(C)C1. The van der Waals surface area contributed by atoms with Crippen LogP contribution in [0.1, 0.15) is 61.3 Å². The van der Waals surface area contributed by atoms with Crippen molar-refractivity contribution in [3.8, 4) is 0 Å². The van der Waals surface area contributed by atoms with E-state index in [1.165, 1.54) is 25.9 Å². The lowest BCUT2D eigenvalue weighted by atomic mass is 9.72. The van der Waals surface area contributed by atoms with E-state index in [1.807, 2.05) is 13.8 Å². The first-order valence-electron chi connectivity index (χ1n) is 8.10. The highest BCUT2D eigenvalue weighted by Gasteiger charge is 2.29. The highest BCUT2D eigenvalue weighted by atomic mass is 15.1. The molecule has 0 bridgehead atoms. The van der Waals surface area contributed by atoms with Gasteiger partial charge in [0.2, 0.25) is 0 Å². The molecule has 1 aliphatic rings. The monoisotopic (exact) mass is 255 g/mol. The van der Waals surface area contributed by atoms with Crippen LogP contribution in [0.2, 0.25) is 0 Å². The Morgan fingerprint density at radius 3 is 2.06 bits per heavy atom. The number of hydrogen-bond donors (Lipinski definition) is 0. The van der Waals surface area contributed by atoms with Gasteiger partial charge in [0.1, 0.15) is 0 Å². The number of nitrogens with zero attached hydrogens (tertiary/aromatic N) is 1. The van der Waals surface area contributed by atoms with Gasteiger partial charge in [-0.15, -0.1) is 0 Å². The topological polar surface area (TPSA) is 3.24 Å². The van der Waals surface area contributed by atoms with Crippen LogP contribution in [0.5, 0.6) is 0 Å². The van der Waals surface area contributed by atoms with E-state index in [4.69, 9.17) is 0 Å². The smallest absolute Gasteiger partial charge is 0.000407 e. The zero-order valence-electron chi connectivity index (χ0n) is 14.2. The lowest BCUT2D eigenvalue weighted by Crippen LogP contribution is -2.26. The summed E-state index contributed by atoms with van der Waals surface area (Å²) in [7, 11) is 2.28. The van der Waals surface area contributed by atoms with Crippen LogP contribution in [-0.2, 0) is 0 Å². The summed E-state index contributed by atoms with van der Waals surface area (Å²) >= 11 is 0. The molecule has 0 spiro atoms. The van der Waals surface area contributed by atoms with Gasteiger partial charge in [0.25, 0.3) is 0 Å². The van der Waals surface area contributed by atoms with Crippen molar-refractivity contribution in [1.29, 1.82) is 0 Å². The predicted octanol–water partition coefficient (Wildman–Crippen LogP) is 4.92. The fourth-order valence-corrected chi connectivity index (χ4v) is 3.98. The van der Waals surface area contributed by atoms with Crippen LogP contribution in [0.4, 0.5) is 0 Å². The Morgan fingerprint density at radius 1 is 1.00 bits per heavy atom. The zero-order chi connectivity index (χ0) is 14.3. The Balaban J connectivity index is 0.00000137. The van der Waals surface area contributed by atoms with E-state index < -0.39 is 0 Å². The molecule has 0 saturated carbocycles. The van der Waals surface area contributed by atoms with Crippen molar-refractivity contribution in [2.75, 3.05) is 20.1 Å². The lowest BCUT2D eigenvalue weighted by molar-refractivity contribution is 0.165. The molecule has 1 fully saturated rings. The van der Waals surface area contributed by atoms with Crippen molar-refractivity contribution in [2.45, 2.75) is 61.3 Å². The van der Waals surface area contributed by atoms with Crippen molar-refractivity contribution >= 4 is 0 Å². The minimum atomic E-state index is 0.834. The second kappa shape index (κ2) is 8.96. The summed E-state index contributed by atoms with van der Waals surface area (Å²) in [4.78, 5) is 2.52. The second-order valence-corrected chi connectivity index (χ2v) is 6.67. The first-order valence-corrected chi connectivity index (χ1v) is 8.10. The van der Waals surface area contributed by atoms with Crippen LogP contribution in [-0.4, -0.2) is 25.0 Å². The molecule has 1 nitrogen and oxygen atoms in total. The highest BCUT2D eigenvalue weighted by Crippen LogP contribution is 2.35. The van der Waals surface area contributed by atoms with Gasteiger partial charge in [0.05, 0.1) is 0 Å². The third-order valence-electron chi connectivity index (χ3n) is 4.45. The molecular weight excluding hydrogens is 218 g/mol. The van der Waals surface area contributed by atoms with E-state index in [2.05, 4.69) is 46.6 Å². The minimum Gasteiger partial charge on any atom is -0.306 e. The van der Waals surface area contributed by atoms with Crippen LogP contribution in [0.25, 0.3) is 0 Å². The van der Waals surface area contributed by atoms with Crippen LogP contribution < -0.4 is 0 Å². The van der Waals surface area contributed by atoms with E-state index in [1.54, 1.807) is 0 Å². The molecule has 18 heavy (non-hydrogen) atoms. The molecule has 1 saturated heterocycles. The summed E-state index contributed by atoms with van der Waals surface area (Å²) in [6.45, 7) is 18.7. The molecule has 1 rings (SSSR count). The van der Waals surface area contributed by atoms with Gasteiger partial charge >= 0.3 is 0 Å². The maximum absolute atomic E-state index is 2.52. The summed E-state index contributed by atoms with van der Waals surface area (Å²) in [5.41, 5.74) is 0. The molecule has 4 unspecified atom stereocenters. The van der Waals surface area contributed by atoms with Gasteiger partial charge in [0.15, 0.2) is 0 Å². The van der Waals surface area contributed by atoms with Gasteiger partial charge < -0.3 is 4.90 Å². The molecule has 1 aliphatic heterocycles. The Labute approximate surface area is 116 Å². The molecule has 0 radical (unpaired) electrons. The van der Waals surface area contributed by atoms with E-state index >= 15 is 0 Å². The number of hydrogen-bond acceptors (Lipinski definition) is 1. The summed E-state index contributed by atoms with van der Waals surface area (Å²) in [5.74, 6) is 4.36. The quantitative estimate of drug-likeness (QED) is 0.643. The maximum Gasteiger partial charge on any atom is 0.000407 e. The number of rotatable bonds is 1. The molecule has 0 aromatic carbocycles. The van der Waals surface area contributed by atoms with E-state index in [9.17, 15) is 0 Å². The molecular formula is C17H37N. The van der Waals surface area contributed by atoms with Gasteiger partial charge in [-0.2, -0.15) is 0 Å². The van der Waals surface area contributed by atoms with Gasteiger partial charge in [-0.1, -0.05) is 48.5 Å². The third kappa shape index (κ3) is 5.73.